The summed E-state index contributed by atoms with van der Waals surface area (Å²) in [5.41, 5.74) is 4.56. The van der Waals surface area contributed by atoms with Crippen LogP contribution in [-0.2, 0) is 19.1 Å². The molecule has 0 aliphatic heterocycles. The van der Waals surface area contributed by atoms with Gasteiger partial charge in [-0.05, 0) is 45.0 Å². The van der Waals surface area contributed by atoms with E-state index in [0.29, 0.717) is 5.75 Å². The zero-order valence-corrected chi connectivity index (χ0v) is 12.8. The SMILES string of the molecule is CC(C)(C)OC(=O)COC(=O)c1ccc(OCC(N)=O)cc1. The van der Waals surface area contributed by atoms with Crippen LogP contribution in [0.3, 0.4) is 0 Å². The predicted molar refractivity (Wildman–Crippen MR) is 77.3 cm³/mol. The molecule has 0 spiro atoms. The molecule has 0 unspecified atom stereocenters. The smallest absolute Gasteiger partial charge is 0.344 e. The van der Waals surface area contributed by atoms with Gasteiger partial charge in [0.15, 0.2) is 13.2 Å². The number of ether oxygens (including phenoxy) is 3. The minimum atomic E-state index is -0.660. The third-order valence-corrected chi connectivity index (χ3v) is 2.21. The van der Waals surface area contributed by atoms with Gasteiger partial charge in [0.05, 0.1) is 5.56 Å². The molecule has 0 heterocycles. The molecular weight excluding hydrogens is 290 g/mol. The van der Waals surface area contributed by atoms with Gasteiger partial charge in [-0.15, -0.1) is 0 Å². The Morgan fingerprint density at radius 2 is 1.64 bits per heavy atom. The van der Waals surface area contributed by atoms with Gasteiger partial charge in [-0.2, -0.15) is 0 Å². The highest BCUT2D eigenvalue weighted by molar-refractivity contribution is 5.90. The Morgan fingerprint density at radius 1 is 1.05 bits per heavy atom. The minimum Gasteiger partial charge on any atom is -0.484 e. The summed E-state index contributed by atoms with van der Waals surface area (Å²) in [7, 11) is 0. The summed E-state index contributed by atoms with van der Waals surface area (Å²) in [5, 5.41) is 0. The fourth-order valence-corrected chi connectivity index (χ4v) is 1.42. The first-order valence-electron chi connectivity index (χ1n) is 6.57. The molecular formula is C15H19NO6. The molecule has 0 aromatic heterocycles. The van der Waals surface area contributed by atoms with Gasteiger partial charge in [-0.25, -0.2) is 9.59 Å². The van der Waals surface area contributed by atoms with Crippen molar-refractivity contribution < 1.29 is 28.6 Å². The Bertz CT molecular complexity index is 544. The Labute approximate surface area is 128 Å². The average molecular weight is 309 g/mol. The summed E-state index contributed by atoms with van der Waals surface area (Å²) in [5.74, 6) is -1.49. The van der Waals surface area contributed by atoms with Crippen molar-refractivity contribution in [1.29, 1.82) is 0 Å². The Morgan fingerprint density at radius 3 is 2.14 bits per heavy atom. The van der Waals surface area contributed by atoms with Crippen LogP contribution >= 0.6 is 0 Å². The molecule has 0 aliphatic rings. The maximum Gasteiger partial charge on any atom is 0.344 e. The lowest BCUT2D eigenvalue weighted by Gasteiger charge is -2.19. The normalized spacial score (nSPS) is 10.7. The van der Waals surface area contributed by atoms with E-state index in [1.165, 1.54) is 24.3 Å². The van der Waals surface area contributed by atoms with E-state index in [0.717, 1.165) is 0 Å². The first-order chi connectivity index (χ1) is 10.2. The van der Waals surface area contributed by atoms with Gasteiger partial charge in [-0.1, -0.05) is 0 Å². The minimum absolute atomic E-state index is 0.245. The lowest BCUT2D eigenvalue weighted by molar-refractivity contribution is -0.158. The molecule has 7 nitrogen and oxygen atoms in total. The van der Waals surface area contributed by atoms with Gasteiger partial charge in [0.1, 0.15) is 11.4 Å². The average Bonchev–Trinajstić information content (AvgIpc) is 2.41. The van der Waals surface area contributed by atoms with Crippen molar-refractivity contribution in [3.8, 4) is 5.75 Å². The highest BCUT2D eigenvalue weighted by Crippen LogP contribution is 2.13. The summed E-state index contributed by atoms with van der Waals surface area (Å²) in [6.07, 6.45) is 0. The first kappa shape index (κ1) is 17.5. The van der Waals surface area contributed by atoms with Crippen molar-refractivity contribution in [3.05, 3.63) is 29.8 Å². The number of benzene rings is 1. The van der Waals surface area contributed by atoms with E-state index in [4.69, 9.17) is 19.9 Å². The van der Waals surface area contributed by atoms with Gasteiger partial charge >= 0.3 is 11.9 Å². The van der Waals surface area contributed by atoms with E-state index < -0.39 is 30.1 Å². The van der Waals surface area contributed by atoms with E-state index >= 15 is 0 Å². The summed E-state index contributed by atoms with van der Waals surface area (Å²) < 4.78 is 14.9. The predicted octanol–water partition coefficient (Wildman–Crippen LogP) is 1.05. The Balaban J connectivity index is 2.49. The largest absolute Gasteiger partial charge is 0.484 e. The van der Waals surface area contributed by atoms with Crippen LogP contribution in [0.1, 0.15) is 31.1 Å². The zero-order chi connectivity index (χ0) is 16.8. The number of esters is 2. The number of primary amides is 1. The topological polar surface area (TPSA) is 105 Å². The number of hydrogen-bond acceptors (Lipinski definition) is 6. The van der Waals surface area contributed by atoms with Crippen LogP contribution in [0.4, 0.5) is 0 Å². The summed E-state index contributed by atoms with van der Waals surface area (Å²) in [6.45, 7) is 4.45. The maximum atomic E-state index is 11.7. The van der Waals surface area contributed by atoms with Crippen LogP contribution in [0.2, 0.25) is 0 Å². The second kappa shape index (κ2) is 7.44. The monoisotopic (exact) mass is 309 g/mol. The van der Waals surface area contributed by atoms with E-state index in [1.807, 2.05) is 0 Å². The standard InChI is InChI=1S/C15H19NO6/c1-15(2,3)22-13(18)9-21-14(19)10-4-6-11(7-5-10)20-8-12(16)17/h4-7H,8-9H2,1-3H3,(H2,16,17). The third kappa shape index (κ3) is 6.74. The molecule has 0 radical (unpaired) electrons. The third-order valence-electron chi connectivity index (χ3n) is 2.21. The first-order valence-corrected chi connectivity index (χ1v) is 6.57. The molecule has 120 valence electrons. The highest BCUT2D eigenvalue weighted by atomic mass is 16.6. The van der Waals surface area contributed by atoms with Crippen LogP contribution < -0.4 is 10.5 Å². The second-order valence-electron chi connectivity index (χ2n) is 5.44. The lowest BCUT2D eigenvalue weighted by Crippen LogP contribution is -2.27. The van der Waals surface area contributed by atoms with Gasteiger partial charge in [0.25, 0.3) is 5.91 Å². The van der Waals surface area contributed by atoms with Crippen molar-refractivity contribution >= 4 is 17.8 Å². The Kier molecular flexibility index (Phi) is 5.91. The van der Waals surface area contributed by atoms with E-state index in [1.54, 1.807) is 20.8 Å². The quantitative estimate of drug-likeness (QED) is 0.787. The summed E-state index contributed by atoms with van der Waals surface area (Å²) in [6, 6.07) is 5.89. The van der Waals surface area contributed by atoms with Crippen molar-refractivity contribution in [2.75, 3.05) is 13.2 Å². The van der Waals surface area contributed by atoms with E-state index in [-0.39, 0.29) is 12.2 Å². The van der Waals surface area contributed by atoms with E-state index in [9.17, 15) is 14.4 Å². The lowest BCUT2D eigenvalue weighted by atomic mass is 10.2. The maximum absolute atomic E-state index is 11.7. The molecule has 0 atom stereocenters. The second-order valence-corrected chi connectivity index (χ2v) is 5.44. The molecule has 1 aromatic rings. The van der Waals surface area contributed by atoms with Crippen LogP contribution in [0.5, 0.6) is 5.75 Å². The van der Waals surface area contributed by atoms with Crippen molar-refractivity contribution in [3.63, 3.8) is 0 Å². The molecule has 0 bridgehead atoms. The molecule has 0 saturated heterocycles. The van der Waals surface area contributed by atoms with Crippen LogP contribution in [0.15, 0.2) is 24.3 Å². The van der Waals surface area contributed by atoms with Gasteiger partial charge in [0, 0.05) is 0 Å². The van der Waals surface area contributed by atoms with Gasteiger partial charge < -0.3 is 19.9 Å². The summed E-state index contributed by atoms with van der Waals surface area (Å²) in [4.78, 5) is 33.8. The zero-order valence-electron chi connectivity index (χ0n) is 12.8. The molecule has 22 heavy (non-hydrogen) atoms. The van der Waals surface area contributed by atoms with Gasteiger partial charge in [-0.3, -0.25) is 4.79 Å². The van der Waals surface area contributed by atoms with Gasteiger partial charge in [0.2, 0.25) is 0 Å². The number of rotatable bonds is 6. The Hall–Kier alpha value is -2.57. The van der Waals surface area contributed by atoms with Crippen LogP contribution in [0.25, 0.3) is 0 Å². The molecule has 1 amide bonds. The number of amides is 1. The number of hydrogen-bond donors (Lipinski definition) is 1. The van der Waals surface area contributed by atoms with E-state index in [2.05, 4.69) is 0 Å². The fourth-order valence-electron chi connectivity index (χ4n) is 1.42. The van der Waals surface area contributed by atoms with Crippen molar-refractivity contribution in [2.45, 2.75) is 26.4 Å². The highest BCUT2D eigenvalue weighted by Gasteiger charge is 2.18. The summed E-state index contributed by atoms with van der Waals surface area (Å²) >= 11 is 0. The molecule has 1 rings (SSSR count). The van der Waals surface area contributed by atoms with Crippen LogP contribution in [0, 0.1) is 0 Å². The molecule has 7 heteroatoms. The fraction of sp³-hybridized carbons (Fsp3) is 0.400. The molecule has 0 aliphatic carbocycles. The van der Waals surface area contributed by atoms with Crippen LogP contribution in [-0.4, -0.2) is 36.7 Å². The number of carbonyl (C=O) groups excluding carboxylic acids is 3. The molecule has 0 fully saturated rings. The number of nitrogens with two attached hydrogens (primary N) is 1. The molecule has 0 saturated carbocycles. The van der Waals surface area contributed by atoms with Crippen molar-refractivity contribution in [2.24, 2.45) is 5.73 Å². The molecule has 1 aromatic carbocycles. The number of carbonyl (C=O) groups is 3. The van der Waals surface area contributed by atoms with Crippen molar-refractivity contribution in [1.82, 2.24) is 0 Å². The molecule has 2 N–H and O–H groups in total.